The highest BCUT2D eigenvalue weighted by Crippen LogP contribution is 2.28. The van der Waals surface area contributed by atoms with Crippen molar-refractivity contribution >= 4 is 46.6 Å². The third-order valence-electron chi connectivity index (χ3n) is 3.84. The quantitative estimate of drug-likeness (QED) is 0.624. The Morgan fingerprint density at radius 1 is 1.11 bits per heavy atom. The van der Waals surface area contributed by atoms with Gasteiger partial charge in [0.25, 0.3) is 0 Å². The molecule has 0 atom stereocenters. The molecule has 0 radical (unpaired) electrons. The van der Waals surface area contributed by atoms with Gasteiger partial charge >= 0.3 is 11.9 Å². The third-order valence-corrected chi connectivity index (χ3v) is 3.84. The van der Waals surface area contributed by atoms with Gasteiger partial charge in [-0.15, -0.1) is 12.4 Å². The fourth-order valence-corrected chi connectivity index (χ4v) is 2.69. The van der Waals surface area contributed by atoms with Gasteiger partial charge in [-0.2, -0.15) is 0 Å². The van der Waals surface area contributed by atoms with Gasteiger partial charge in [0.15, 0.2) is 0 Å². The van der Waals surface area contributed by atoms with Gasteiger partial charge in [0, 0.05) is 22.5 Å². The van der Waals surface area contributed by atoms with E-state index in [9.17, 15) is 9.59 Å². The molecule has 140 valence electrons. The first-order valence-corrected chi connectivity index (χ1v) is 8.17. The second kappa shape index (κ2) is 8.51. The highest BCUT2D eigenvalue weighted by atomic mass is 35.5. The molecule has 2 N–H and O–H groups in total. The van der Waals surface area contributed by atoms with Crippen molar-refractivity contribution in [2.45, 2.75) is 13.8 Å². The Labute approximate surface area is 162 Å². The molecule has 0 amide bonds. The molecule has 0 unspecified atom stereocenters. The molecule has 0 spiro atoms. The largest absolute Gasteiger partial charge is 0.478 e. The van der Waals surface area contributed by atoms with E-state index in [0.717, 1.165) is 22.3 Å². The van der Waals surface area contributed by atoms with Gasteiger partial charge in [0.2, 0.25) is 0 Å². The molecular weight excluding hydrogens is 368 g/mol. The number of carboxylic acid groups (broad SMARTS) is 1. The Morgan fingerprint density at radius 2 is 1.89 bits per heavy atom. The normalized spacial score (nSPS) is 10.1. The maximum atomic E-state index is 12.0. The number of esters is 1. The van der Waals surface area contributed by atoms with Crippen molar-refractivity contribution in [3.8, 4) is 0 Å². The molecule has 6 nitrogen and oxygen atoms in total. The summed E-state index contributed by atoms with van der Waals surface area (Å²) >= 11 is 0. The molecule has 0 aliphatic carbocycles. The van der Waals surface area contributed by atoms with Crippen molar-refractivity contribution in [2.24, 2.45) is 0 Å². The second-order valence-electron chi connectivity index (χ2n) is 5.77. The summed E-state index contributed by atoms with van der Waals surface area (Å²) in [7, 11) is 0. The first kappa shape index (κ1) is 20.2. The van der Waals surface area contributed by atoms with Crippen LogP contribution in [0.3, 0.4) is 0 Å². The fourth-order valence-electron chi connectivity index (χ4n) is 2.69. The molecule has 0 saturated heterocycles. The Hall–Kier alpha value is -3.12. The maximum Gasteiger partial charge on any atom is 0.338 e. The Balaban J connectivity index is 0.00000261. The predicted molar refractivity (Wildman–Crippen MR) is 106 cm³/mol. The van der Waals surface area contributed by atoms with Crippen molar-refractivity contribution in [3.05, 3.63) is 65.4 Å². The fraction of sp³-hybridized carbons (Fsp3) is 0.150. The van der Waals surface area contributed by atoms with Gasteiger partial charge in [0.1, 0.15) is 0 Å². The lowest BCUT2D eigenvalue weighted by Crippen LogP contribution is -2.05. The number of carboxylic acids is 1. The lowest BCUT2D eigenvalue weighted by molar-refractivity contribution is 0.0526. The molecule has 0 bridgehead atoms. The average molecular weight is 387 g/mol. The maximum absolute atomic E-state index is 12.0. The van der Waals surface area contributed by atoms with Crippen molar-refractivity contribution in [3.63, 3.8) is 0 Å². The van der Waals surface area contributed by atoms with Crippen molar-refractivity contribution in [1.29, 1.82) is 0 Å². The van der Waals surface area contributed by atoms with Crippen LogP contribution in [-0.2, 0) is 4.74 Å². The minimum absolute atomic E-state index is 0. The van der Waals surface area contributed by atoms with Crippen LogP contribution in [0.4, 0.5) is 11.4 Å². The number of aromatic carboxylic acids is 1. The number of aryl methyl sites for hydroxylation is 1. The van der Waals surface area contributed by atoms with E-state index in [1.54, 1.807) is 43.3 Å². The number of nitrogens with zero attached hydrogens (tertiary/aromatic N) is 1. The number of halogens is 1. The number of anilines is 2. The lowest BCUT2D eigenvalue weighted by atomic mass is 10.1. The van der Waals surface area contributed by atoms with E-state index in [1.165, 1.54) is 6.07 Å². The summed E-state index contributed by atoms with van der Waals surface area (Å²) in [6.45, 7) is 3.93. The molecule has 1 aromatic heterocycles. The topological polar surface area (TPSA) is 88.5 Å². The van der Waals surface area contributed by atoms with E-state index in [0.29, 0.717) is 17.9 Å². The molecule has 0 aliphatic rings. The number of carbonyl (C=O) groups is 2. The number of ether oxygens (including phenoxy) is 1. The van der Waals surface area contributed by atoms with E-state index in [1.807, 2.05) is 13.0 Å². The first-order valence-electron chi connectivity index (χ1n) is 8.17. The van der Waals surface area contributed by atoms with Crippen LogP contribution < -0.4 is 5.32 Å². The van der Waals surface area contributed by atoms with Crippen molar-refractivity contribution in [1.82, 2.24) is 4.98 Å². The Bertz CT molecular complexity index is 1000. The molecule has 3 aromatic rings. The van der Waals surface area contributed by atoms with Gasteiger partial charge in [-0.1, -0.05) is 6.07 Å². The summed E-state index contributed by atoms with van der Waals surface area (Å²) in [4.78, 5) is 27.7. The standard InChI is InChI=1S/C20H18N2O4.ClH/c1-3-26-20(25)14-7-8-17-16(11-14)18(9-12(2)21-17)22-15-6-4-5-13(10-15)19(23)24;/h4-11H,3H2,1-2H3,(H,21,22)(H,23,24);1H. The van der Waals surface area contributed by atoms with E-state index in [4.69, 9.17) is 9.84 Å². The lowest BCUT2D eigenvalue weighted by Gasteiger charge is -2.12. The van der Waals surface area contributed by atoms with Crippen LogP contribution in [0.15, 0.2) is 48.5 Å². The molecule has 2 aromatic carbocycles. The zero-order valence-corrected chi connectivity index (χ0v) is 15.7. The number of benzene rings is 2. The molecular formula is C20H19ClN2O4. The van der Waals surface area contributed by atoms with E-state index < -0.39 is 11.9 Å². The molecule has 3 rings (SSSR count). The van der Waals surface area contributed by atoms with Crippen LogP contribution in [0.5, 0.6) is 0 Å². The summed E-state index contributed by atoms with van der Waals surface area (Å²) in [5, 5.41) is 13.1. The van der Waals surface area contributed by atoms with E-state index in [-0.39, 0.29) is 18.0 Å². The molecule has 0 fully saturated rings. The Morgan fingerprint density at radius 3 is 2.59 bits per heavy atom. The number of rotatable bonds is 5. The van der Waals surface area contributed by atoms with E-state index >= 15 is 0 Å². The van der Waals surface area contributed by atoms with Gasteiger partial charge in [-0.25, -0.2) is 9.59 Å². The minimum Gasteiger partial charge on any atom is -0.478 e. The summed E-state index contributed by atoms with van der Waals surface area (Å²) < 4.78 is 5.06. The van der Waals surface area contributed by atoms with Crippen molar-refractivity contribution in [2.75, 3.05) is 11.9 Å². The predicted octanol–water partition coefficient (Wildman–Crippen LogP) is 4.58. The number of pyridine rings is 1. The number of aromatic nitrogens is 1. The van der Waals surface area contributed by atoms with Gasteiger partial charge in [-0.05, 0) is 56.3 Å². The highest BCUT2D eigenvalue weighted by Gasteiger charge is 2.11. The second-order valence-corrected chi connectivity index (χ2v) is 5.77. The molecule has 27 heavy (non-hydrogen) atoms. The van der Waals surface area contributed by atoms with Gasteiger partial charge < -0.3 is 15.2 Å². The summed E-state index contributed by atoms with van der Waals surface area (Å²) in [6, 6.07) is 13.6. The molecule has 0 saturated carbocycles. The molecule has 7 heteroatoms. The minimum atomic E-state index is -0.992. The van der Waals surface area contributed by atoms with Crippen LogP contribution in [0.25, 0.3) is 10.9 Å². The number of hydrogen-bond donors (Lipinski definition) is 2. The molecule has 0 aliphatic heterocycles. The number of nitrogens with one attached hydrogen (secondary N) is 1. The van der Waals surface area contributed by atoms with Crippen LogP contribution in [0.1, 0.15) is 33.3 Å². The van der Waals surface area contributed by atoms with Gasteiger partial charge in [0.05, 0.1) is 23.3 Å². The van der Waals surface area contributed by atoms with Crippen molar-refractivity contribution < 1.29 is 19.4 Å². The number of hydrogen-bond acceptors (Lipinski definition) is 5. The number of fused-ring (bicyclic) bond motifs is 1. The summed E-state index contributed by atoms with van der Waals surface area (Å²) in [6.07, 6.45) is 0. The zero-order chi connectivity index (χ0) is 18.7. The monoisotopic (exact) mass is 386 g/mol. The summed E-state index contributed by atoms with van der Waals surface area (Å²) in [5.74, 6) is -1.39. The molecule has 1 heterocycles. The third kappa shape index (κ3) is 4.54. The van der Waals surface area contributed by atoms with Crippen LogP contribution in [0, 0.1) is 6.92 Å². The van der Waals surface area contributed by atoms with Gasteiger partial charge in [-0.3, -0.25) is 4.98 Å². The first-order chi connectivity index (χ1) is 12.5. The zero-order valence-electron chi connectivity index (χ0n) is 14.9. The smallest absolute Gasteiger partial charge is 0.338 e. The summed E-state index contributed by atoms with van der Waals surface area (Å²) in [5.41, 5.74) is 3.54. The van der Waals surface area contributed by atoms with Crippen LogP contribution in [0.2, 0.25) is 0 Å². The Kier molecular flexibility index (Phi) is 6.36. The average Bonchev–Trinajstić information content (AvgIpc) is 2.61. The highest BCUT2D eigenvalue weighted by molar-refractivity contribution is 6.00. The SMILES string of the molecule is CCOC(=O)c1ccc2nc(C)cc(Nc3cccc(C(=O)O)c3)c2c1.Cl. The van der Waals surface area contributed by atoms with Crippen LogP contribution >= 0.6 is 12.4 Å². The number of carbonyl (C=O) groups excluding carboxylic acids is 1. The van der Waals surface area contributed by atoms with Crippen LogP contribution in [-0.4, -0.2) is 28.6 Å². The van der Waals surface area contributed by atoms with E-state index in [2.05, 4.69) is 10.3 Å².